The van der Waals surface area contributed by atoms with E-state index in [0.29, 0.717) is 0 Å². The number of halogens is 3. The molecule has 162 valence electrons. The Morgan fingerprint density at radius 3 is 2.00 bits per heavy atom. The van der Waals surface area contributed by atoms with Crippen LogP contribution in [0.15, 0.2) is 61.2 Å². The summed E-state index contributed by atoms with van der Waals surface area (Å²) in [5, 5.41) is 0. The molecule has 0 unspecified atom stereocenters. The zero-order chi connectivity index (χ0) is 22.2. The van der Waals surface area contributed by atoms with Gasteiger partial charge in [0.15, 0.2) is 24.8 Å². The summed E-state index contributed by atoms with van der Waals surface area (Å²) >= 11 is 0. The smallest absolute Gasteiger partial charge is 0.205 e. The number of benzene rings is 1. The molecule has 0 saturated heterocycles. The summed E-state index contributed by atoms with van der Waals surface area (Å²) in [6, 6.07) is 9.70. The fourth-order valence-corrected chi connectivity index (χ4v) is 4.89. The van der Waals surface area contributed by atoms with Gasteiger partial charge in [-0.1, -0.05) is 27.2 Å². The Morgan fingerprint density at radius 1 is 0.806 bits per heavy atom. The van der Waals surface area contributed by atoms with Crippen molar-refractivity contribution in [1.82, 2.24) is 0 Å². The lowest BCUT2D eigenvalue weighted by atomic mass is 9.75. The first-order chi connectivity index (χ1) is 14.8. The van der Waals surface area contributed by atoms with E-state index in [1.165, 1.54) is 34.4 Å². The van der Waals surface area contributed by atoms with Crippen LogP contribution in [0, 0.1) is 0 Å². The number of hydrogen-bond donors (Lipinski definition) is 0. The molecule has 0 N–H and O–H groups in total. The summed E-state index contributed by atoms with van der Waals surface area (Å²) < 4.78 is 43.1. The van der Waals surface area contributed by atoms with Crippen LogP contribution < -0.4 is 9.13 Å². The SMILES string of the molecule is CCCC[n+]1ccc2c(c1)C(CC)(CC)c1c[n+](-c3ccc(C(F)(F)F)cc3)ccc1-2. The highest BCUT2D eigenvalue weighted by Crippen LogP contribution is 2.51. The van der Waals surface area contributed by atoms with Crippen LogP contribution in [0.1, 0.15) is 63.1 Å². The van der Waals surface area contributed by atoms with E-state index in [9.17, 15) is 13.2 Å². The van der Waals surface area contributed by atoms with Crippen molar-refractivity contribution in [3.05, 3.63) is 77.9 Å². The number of hydrogen-bond acceptors (Lipinski definition) is 0. The lowest BCUT2D eigenvalue weighted by molar-refractivity contribution is -0.697. The molecule has 0 amide bonds. The predicted molar refractivity (Wildman–Crippen MR) is 115 cm³/mol. The van der Waals surface area contributed by atoms with E-state index >= 15 is 0 Å². The molecule has 0 bridgehead atoms. The van der Waals surface area contributed by atoms with Crippen molar-refractivity contribution >= 4 is 0 Å². The molecule has 1 aliphatic rings. The van der Waals surface area contributed by atoms with Crippen LogP contribution in [0.5, 0.6) is 0 Å². The first kappa shape index (κ1) is 21.5. The maximum absolute atomic E-state index is 12.9. The highest BCUT2D eigenvalue weighted by molar-refractivity contribution is 5.79. The van der Waals surface area contributed by atoms with Crippen LogP contribution in [0.2, 0.25) is 0 Å². The van der Waals surface area contributed by atoms with Gasteiger partial charge in [-0.15, -0.1) is 0 Å². The molecule has 0 spiro atoms. The van der Waals surface area contributed by atoms with Crippen LogP contribution in [-0.4, -0.2) is 0 Å². The number of fused-ring (bicyclic) bond motifs is 3. The highest BCUT2D eigenvalue weighted by Gasteiger charge is 2.44. The third-order valence-corrected chi connectivity index (χ3v) is 6.77. The largest absolute Gasteiger partial charge is 0.416 e. The summed E-state index contributed by atoms with van der Waals surface area (Å²) in [5.74, 6) is 0. The van der Waals surface area contributed by atoms with E-state index < -0.39 is 11.7 Å². The molecule has 2 aromatic heterocycles. The first-order valence-corrected chi connectivity index (χ1v) is 11.1. The fraction of sp³-hybridized carbons (Fsp3) is 0.385. The topological polar surface area (TPSA) is 7.76 Å². The minimum absolute atomic E-state index is 0.0885. The van der Waals surface area contributed by atoms with Gasteiger partial charge in [-0.05, 0) is 36.1 Å². The third kappa shape index (κ3) is 3.64. The fourth-order valence-electron chi connectivity index (χ4n) is 4.89. The molecule has 0 fully saturated rings. The molecular formula is C26H29F3N2+2. The first-order valence-electron chi connectivity index (χ1n) is 11.1. The minimum atomic E-state index is -4.32. The number of aryl methyl sites for hydroxylation is 1. The molecule has 2 nitrogen and oxygen atoms in total. The number of alkyl halides is 3. The van der Waals surface area contributed by atoms with E-state index in [-0.39, 0.29) is 5.41 Å². The monoisotopic (exact) mass is 426 g/mol. The van der Waals surface area contributed by atoms with Gasteiger partial charge in [0.1, 0.15) is 6.54 Å². The number of nitrogens with zero attached hydrogens (tertiary/aromatic N) is 2. The van der Waals surface area contributed by atoms with Gasteiger partial charge in [-0.2, -0.15) is 17.7 Å². The van der Waals surface area contributed by atoms with Gasteiger partial charge in [0.05, 0.1) is 5.56 Å². The molecule has 4 rings (SSSR count). The molecule has 0 saturated carbocycles. The second-order valence-electron chi connectivity index (χ2n) is 8.38. The van der Waals surface area contributed by atoms with E-state index in [2.05, 4.69) is 56.1 Å². The Morgan fingerprint density at radius 2 is 1.42 bits per heavy atom. The molecule has 0 radical (unpaired) electrons. The van der Waals surface area contributed by atoms with Crippen LogP contribution in [0.25, 0.3) is 16.8 Å². The predicted octanol–water partition coefficient (Wildman–Crippen LogP) is 6.16. The van der Waals surface area contributed by atoms with Gasteiger partial charge in [0.2, 0.25) is 5.69 Å². The van der Waals surface area contributed by atoms with E-state index in [1.807, 2.05) is 10.8 Å². The van der Waals surface area contributed by atoms with Crippen molar-refractivity contribution < 1.29 is 22.3 Å². The van der Waals surface area contributed by atoms with E-state index in [0.717, 1.165) is 50.0 Å². The number of aromatic nitrogens is 2. The van der Waals surface area contributed by atoms with Gasteiger partial charge in [-0.3, -0.25) is 0 Å². The van der Waals surface area contributed by atoms with Gasteiger partial charge in [0, 0.05) is 47.2 Å². The molecule has 2 heterocycles. The van der Waals surface area contributed by atoms with Crippen LogP contribution in [0.4, 0.5) is 13.2 Å². The van der Waals surface area contributed by atoms with Crippen molar-refractivity contribution in [1.29, 1.82) is 0 Å². The summed E-state index contributed by atoms with van der Waals surface area (Å²) in [7, 11) is 0. The molecule has 0 atom stereocenters. The summed E-state index contributed by atoms with van der Waals surface area (Å²) in [5.41, 5.74) is 5.12. The zero-order valence-corrected chi connectivity index (χ0v) is 18.3. The zero-order valence-electron chi connectivity index (χ0n) is 18.3. The van der Waals surface area contributed by atoms with Crippen molar-refractivity contribution in [2.75, 3.05) is 0 Å². The Labute approximate surface area is 182 Å². The standard InChI is InChI=1S/C26H29F3N2/c1-4-7-14-30-15-12-21-22-13-16-31(20-10-8-19(9-11-20)26(27,28)29)18-24(22)25(5-2,6-3)23(21)17-30/h8-13,15-18H,4-7,14H2,1-3H3/q+2. The molecule has 5 heteroatoms. The number of unbranched alkanes of at least 4 members (excludes halogenated alkanes) is 1. The highest BCUT2D eigenvalue weighted by atomic mass is 19.4. The summed E-state index contributed by atoms with van der Waals surface area (Å²) in [6.07, 6.45) is 8.45. The van der Waals surface area contributed by atoms with Crippen molar-refractivity contribution in [2.45, 2.75) is 64.6 Å². The Bertz CT molecular complexity index is 1080. The van der Waals surface area contributed by atoms with Crippen molar-refractivity contribution in [2.24, 2.45) is 0 Å². The Balaban J connectivity index is 1.79. The van der Waals surface area contributed by atoms with Crippen LogP contribution in [0.3, 0.4) is 0 Å². The van der Waals surface area contributed by atoms with E-state index in [1.54, 1.807) is 0 Å². The summed E-state index contributed by atoms with van der Waals surface area (Å²) in [4.78, 5) is 0. The van der Waals surface area contributed by atoms with Gasteiger partial charge >= 0.3 is 6.18 Å². The Hall–Kier alpha value is -2.69. The van der Waals surface area contributed by atoms with Crippen LogP contribution >= 0.6 is 0 Å². The second-order valence-corrected chi connectivity index (χ2v) is 8.38. The number of pyridine rings is 2. The average molecular weight is 427 g/mol. The maximum atomic E-state index is 12.9. The van der Waals surface area contributed by atoms with Gasteiger partial charge in [-0.25, -0.2) is 4.57 Å². The summed E-state index contributed by atoms with van der Waals surface area (Å²) in [6.45, 7) is 7.66. The number of rotatable bonds is 6. The lowest BCUT2D eigenvalue weighted by Crippen LogP contribution is -2.37. The normalized spacial score (nSPS) is 14.4. The second kappa shape index (κ2) is 8.10. The van der Waals surface area contributed by atoms with E-state index in [4.69, 9.17) is 0 Å². The van der Waals surface area contributed by atoms with Gasteiger partial charge < -0.3 is 0 Å². The average Bonchev–Trinajstić information content (AvgIpc) is 3.06. The van der Waals surface area contributed by atoms with Crippen molar-refractivity contribution in [3.63, 3.8) is 0 Å². The lowest BCUT2D eigenvalue weighted by Gasteiger charge is -2.27. The molecule has 0 aliphatic heterocycles. The van der Waals surface area contributed by atoms with Gasteiger partial charge in [0.25, 0.3) is 0 Å². The maximum Gasteiger partial charge on any atom is 0.416 e. The Kier molecular flexibility index (Phi) is 5.63. The molecule has 1 aromatic carbocycles. The van der Waals surface area contributed by atoms with Crippen LogP contribution in [-0.2, 0) is 18.1 Å². The molecular weight excluding hydrogens is 397 g/mol. The molecule has 1 aliphatic carbocycles. The van der Waals surface area contributed by atoms with Crippen molar-refractivity contribution in [3.8, 4) is 16.8 Å². The minimum Gasteiger partial charge on any atom is -0.205 e. The molecule has 3 aromatic rings. The quantitative estimate of drug-likeness (QED) is 0.417. The third-order valence-electron chi connectivity index (χ3n) is 6.77. The molecule has 31 heavy (non-hydrogen) atoms.